The maximum Gasteiger partial charge on any atom is 0.257 e. The van der Waals surface area contributed by atoms with Gasteiger partial charge in [-0.15, -0.1) is 0 Å². The van der Waals surface area contributed by atoms with Gasteiger partial charge >= 0.3 is 0 Å². The van der Waals surface area contributed by atoms with E-state index in [9.17, 15) is 4.79 Å². The summed E-state index contributed by atoms with van der Waals surface area (Å²) >= 11 is 3.47. The Morgan fingerprint density at radius 1 is 1.12 bits per heavy atom. The second-order valence-corrected chi connectivity index (χ2v) is 6.56. The van der Waals surface area contributed by atoms with E-state index in [0.717, 1.165) is 29.5 Å². The zero-order valence-corrected chi connectivity index (χ0v) is 16.3. The van der Waals surface area contributed by atoms with Crippen LogP contribution in [0.1, 0.15) is 24.5 Å². The lowest BCUT2D eigenvalue weighted by Gasteiger charge is -2.10. The van der Waals surface area contributed by atoms with Gasteiger partial charge < -0.3 is 14.8 Å². The van der Waals surface area contributed by atoms with Crippen molar-refractivity contribution >= 4 is 21.8 Å². The number of nitrogens with one attached hydrogen (secondary N) is 1. The number of ether oxygens (including phenoxy) is 2. The number of hydrogen-bond acceptors (Lipinski definition) is 3. The van der Waals surface area contributed by atoms with Gasteiger partial charge in [0.25, 0.3) is 5.91 Å². The van der Waals surface area contributed by atoms with Gasteiger partial charge in [-0.05, 0) is 70.6 Å². The van der Waals surface area contributed by atoms with Crippen LogP contribution in [0.25, 0.3) is 0 Å². The fourth-order valence-corrected chi connectivity index (χ4v) is 2.93. The highest BCUT2D eigenvalue weighted by Gasteiger charge is 2.06. The zero-order chi connectivity index (χ0) is 18.1. The molecule has 2 aromatic rings. The summed E-state index contributed by atoms with van der Waals surface area (Å²) in [7, 11) is 1.66. The molecule has 1 amide bonds. The number of carbonyl (C=O) groups is 1. The average molecular weight is 406 g/mol. The lowest BCUT2D eigenvalue weighted by Crippen LogP contribution is -2.30. The Morgan fingerprint density at radius 2 is 1.84 bits per heavy atom. The van der Waals surface area contributed by atoms with Crippen LogP contribution in [0, 0.1) is 0 Å². The molecule has 4 nitrogen and oxygen atoms in total. The highest BCUT2D eigenvalue weighted by Crippen LogP contribution is 2.26. The van der Waals surface area contributed by atoms with Gasteiger partial charge in [-0.1, -0.05) is 25.1 Å². The van der Waals surface area contributed by atoms with Crippen molar-refractivity contribution in [2.75, 3.05) is 20.3 Å². The molecule has 0 aliphatic rings. The first-order valence-electron chi connectivity index (χ1n) is 8.43. The fourth-order valence-electron chi connectivity index (χ4n) is 2.39. The van der Waals surface area contributed by atoms with Crippen LogP contribution in [0.15, 0.2) is 46.9 Å². The van der Waals surface area contributed by atoms with Crippen molar-refractivity contribution < 1.29 is 14.3 Å². The van der Waals surface area contributed by atoms with Gasteiger partial charge in [-0.25, -0.2) is 0 Å². The molecule has 2 aromatic carbocycles. The molecule has 25 heavy (non-hydrogen) atoms. The first-order valence-corrected chi connectivity index (χ1v) is 9.22. The number of aryl methyl sites for hydroxylation is 2. The molecule has 0 aliphatic heterocycles. The summed E-state index contributed by atoms with van der Waals surface area (Å²) in [6.45, 7) is 2.75. The van der Waals surface area contributed by atoms with Crippen LogP contribution in [0.2, 0.25) is 0 Å². The van der Waals surface area contributed by atoms with Gasteiger partial charge in [-0.3, -0.25) is 4.79 Å². The van der Waals surface area contributed by atoms with Gasteiger partial charge in [-0.2, -0.15) is 0 Å². The molecule has 0 atom stereocenters. The summed E-state index contributed by atoms with van der Waals surface area (Å²) in [5.74, 6) is 1.43. The summed E-state index contributed by atoms with van der Waals surface area (Å²) in [4.78, 5) is 11.9. The zero-order valence-electron chi connectivity index (χ0n) is 14.7. The predicted octanol–water partition coefficient (Wildman–Crippen LogP) is 4.15. The van der Waals surface area contributed by atoms with Crippen LogP contribution >= 0.6 is 15.9 Å². The van der Waals surface area contributed by atoms with Crippen molar-refractivity contribution in [3.05, 3.63) is 58.1 Å². The van der Waals surface area contributed by atoms with E-state index in [0.29, 0.717) is 12.3 Å². The molecule has 5 heteroatoms. The number of carbonyl (C=O) groups excluding carboxylic acids is 1. The van der Waals surface area contributed by atoms with Crippen molar-refractivity contribution in [1.82, 2.24) is 5.32 Å². The molecule has 0 aliphatic carbocycles. The molecule has 2 rings (SSSR count). The maximum absolute atomic E-state index is 11.9. The highest BCUT2D eigenvalue weighted by molar-refractivity contribution is 9.10. The van der Waals surface area contributed by atoms with Gasteiger partial charge in [0.1, 0.15) is 11.5 Å². The third kappa shape index (κ3) is 6.42. The van der Waals surface area contributed by atoms with E-state index in [1.807, 2.05) is 42.5 Å². The Bertz CT molecular complexity index is 686. The molecule has 0 bridgehead atoms. The summed E-state index contributed by atoms with van der Waals surface area (Å²) < 4.78 is 11.6. The van der Waals surface area contributed by atoms with Crippen molar-refractivity contribution in [3.63, 3.8) is 0 Å². The Morgan fingerprint density at radius 3 is 2.48 bits per heavy atom. The van der Waals surface area contributed by atoms with Crippen molar-refractivity contribution in [2.24, 2.45) is 0 Å². The fraction of sp³-hybridized carbons (Fsp3) is 0.350. The van der Waals surface area contributed by atoms with Crippen LogP contribution in [0.3, 0.4) is 0 Å². The molecule has 0 spiro atoms. The molecule has 0 unspecified atom stereocenters. The third-order valence-corrected chi connectivity index (χ3v) is 4.51. The molecule has 0 radical (unpaired) electrons. The number of benzene rings is 2. The summed E-state index contributed by atoms with van der Waals surface area (Å²) in [5, 5.41) is 2.88. The van der Waals surface area contributed by atoms with Crippen molar-refractivity contribution in [3.8, 4) is 11.5 Å². The molecule has 0 aromatic heterocycles. The second-order valence-electron chi connectivity index (χ2n) is 5.71. The number of halogens is 1. The molecular formula is C20H24BrNO3. The first-order chi connectivity index (χ1) is 12.1. The lowest BCUT2D eigenvalue weighted by atomic mass is 10.1. The van der Waals surface area contributed by atoms with E-state index in [1.54, 1.807) is 7.11 Å². The first kappa shape index (κ1) is 19.3. The van der Waals surface area contributed by atoms with E-state index in [2.05, 4.69) is 28.2 Å². The van der Waals surface area contributed by atoms with Crippen LogP contribution in [0.5, 0.6) is 11.5 Å². The Balaban J connectivity index is 1.66. The minimum atomic E-state index is -0.110. The van der Waals surface area contributed by atoms with E-state index in [4.69, 9.17) is 9.47 Å². The molecule has 0 heterocycles. The van der Waals surface area contributed by atoms with E-state index < -0.39 is 0 Å². The van der Waals surface area contributed by atoms with Gasteiger partial charge in [0.05, 0.1) is 11.6 Å². The minimum Gasteiger partial charge on any atom is -0.497 e. The van der Waals surface area contributed by atoms with E-state index >= 15 is 0 Å². The standard InChI is InChI=1S/C20H24BrNO3/c1-3-15-8-11-19(18(21)13-15)25-14-20(23)22-12-4-5-16-6-9-17(24-2)10-7-16/h6-11,13H,3-5,12,14H2,1-2H3,(H,22,23). The smallest absolute Gasteiger partial charge is 0.257 e. The van der Waals surface area contributed by atoms with Crippen molar-refractivity contribution in [1.29, 1.82) is 0 Å². The number of hydrogen-bond donors (Lipinski definition) is 1. The second kappa shape index (κ2) is 10.1. The average Bonchev–Trinajstić information content (AvgIpc) is 2.64. The highest BCUT2D eigenvalue weighted by atomic mass is 79.9. The molecule has 0 fully saturated rings. The van der Waals surface area contributed by atoms with Gasteiger partial charge in [0.15, 0.2) is 6.61 Å². The van der Waals surface area contributed by atoms with Crippen LogP contribution in [-0.2, 0) is 17.6 Å². The third-order valence-electron chi connectivity index (χ3n) is 3.89. The van der Waals surface area contributed by atoms with E-state index in [1.165, 1.54) is 11.1 Å². The van der Waals surface area contributed by atoms with Crippen LogP contribution in [0.4, 0.5) is 0 Å². The van der Waals surface area contributed by atoms with Gasteiger partial charge in [0.2, 0.25) is 0 Å². The molecule has 1 N–H and O–H groups in total. The number of methoxy groups -OCH3 is 1. The monoisotopic (exact) mass is 405 g/mol. The summed E-state index contributed by atoms with van der Waals surface area (Å²) in [5.41, 5.74) is 2.45. The minimum absolute atomic E-state index is 0.0204. The topological polar surface area (TPSA) is 47.6 Å². The molecule has 134 valence electrons. The summed E-state index contributed by atoms with van der Waals surface area (Å²) in [6, 6.07) is 13.9. The number of amides is 1. The Labute approximate surface area is 157 Å². The van der Waals surface area contributed by atoms with Crippen LogP contribution < -0.4 is 14.8 Å². The van der Waals surface area contributed by atoms with Crippen LogP contribution in [-0.4, -0.2) is 26.2 Å². The largest absolute Gasteiger partial charge is 0.497 e. The molecule has 0 saturated heterocycles. The Hall–Kier alpha value is -2.01. The summed E-state index contributed by atoms with van der Waals surface area (Å²) in [6.07, 6.45) is 2.76. The normalized spacial score (nSPS) is 10.4. The quantitative estimate of drug-likeness (QED) is 0.637. The number of rotatable bonds is 9. The van der Waals surface area contributed by atoms with E-state index in [-0.39, 0.29) is 12.5 Å². The maximum atomic E-state index is 11.9. The Kier molecular flexibility index (Phi) is 7.79. The SMILES string of the molecule is CCc1ccc(OCC(=O)NCCCc2ccc(OC)cc2)c(Br)c1. The molecule has 0 saturated carbocycles. The predicted molar refractivity (Wildman–Crippen MR) is 103 cm³/mol. The lowest BCUT2D eigenvalue weighted by molar-refractivity contribution is -0.123. The van der Waals surface area contributed by atoms with Gasteiger partial charge in [0, 0.05) is 6.54 Å². The van der Waals surface area contributed by atoms with Crippen molar-refractivity contribution in [2.45, 2.75) is 26.2 Å². The molecular weight excluding hydrogens is 382 g/mol.